The summed E-state index contributed by atoms with van der Waals surface area (Å²) < 4.78 is 0. The molecule has 1 aromatic carbocycles. The number of carbonyl (C=O) groups excluding carboxylic acids is 1. The van der Waals surface area contributed by atoms with Crippen LogP contribution >= 0.6 is 0 Å². The lowest BCUT2D eigenvalue weighted by Gasteiger charge is -2.22. The maximum absolute atomic E-state index is 12.1. The van der Waals surface area contributed by atoms with E-state index in [2.05, 4.69) is 23.5 Å². The van der Waals surface area contributed by atoms with Gasteiger partial charge in [0, 0.05) is 12.0 Å². The van der Waals surface area contributed by atoms with Crippen LogP contribution in [0.15, 0.2) is 18.2 Å². The average Bonchev–Trinajstić information content (AvgIpc) is 2.83. The molecule has 0 heterocycles. The molecule has 0 aromatic heterocycles. The van der Waals surface area contributed by atoms with Crippen LogP contribution in [0.4, 0.5) is 0 Å². The summed E-state index contributed by atoms with van der Waals surface area (Å²) in [7, 11) is 0. The Hall–Kier alpha value is -1.35. The highest BCUT2D eigenvalue weighted by molar-refractivity contribution is 5.81. The van der Waals surface area contributed by atoms with Gasteiger partial charge in [0.25, 0.3) is 0 Å². The molecule has 2 rings (SSSR count). The maximum atomic E-state index is 12.1. The second-order valence-corrected chi connectivity index (χ2v) is 6.06. The Morgan fingerprint density at radius 1 is 1.32 bits per heavy atom. The number of hydrogen-bond acceptors (Lipinski definition) is 2. The van der Waals surface area contributed by atoms with Gasteiger partial charge in [0.15, 0.2) is 0 Å². The fourth-order valence-corrected chi connectivity index (χ4v) is 2.63. The number of rotatable bonds is 5. The van der Waals surface area contributed by atoms with Gasteiger partial charge in [-0.3, -0.25) is 4.79 Å². The normalized spacial score (nSPS) is 14.3. The highest BCUT2D eigenvalue weighted by atomic mass is 16.2. The van der Waals surface area contributed by atoms with E-state index in [1.165, 1.54) is 36.0 Å². The first-order chi connectivity index (χ1) is 9.03. The molecule has 1 aromatic rings. The van der Waals surface area contributed by atoms with Crippen LogP contribution < -0.4 is 11.1 Å². The molecule has 3 heteroatoms. The van der Waals surface area contributed by atoms with Gasteiger partial charge in [-0.1, -0.05) is 32.0 Å². The van der Waals surface area contributed by atoms with E-state index in [9.17, 15) is 4.79 Å². The highest BCUT2D eigenvalue weighted by Gasteiger charge is 2.26. The van der Waals surface area contributed by atoms with Gasteiger partial charge in [-0.2, -0.15) is 0 Å². The first-order valence-corrected chi connectivity index (χ1v) is 7.12. The summed E-state index contributed by atoms with van der Waals surface area (Å²) in [4.78, 5) is 12.1. The van der Waals surface area contributed by atoms with Crippen molar-refractivity contribution in [1.82, 2.24) is 5.32 Å². The van der Waals surface area contributed by atoms with E-state index in [0.717, 1.165) is 0 Å². The van der Waals surface area contributed by atoms with Crippen LogP contribution in [0.3, 0.4) is 0 Å². The number of aryl methyl sites for hydroxylation is 2. The third-order valence-corrected chi connectivity index (χ3v) is 4.00. The molecule has 19 heavy (non-hydrogen) atoms. The monoisotopic (exact) mass is 260 g/mol. The van der Waals surface area contributed by atoms with Crippen LogP contribution in [0.5, 0.6) is 0 Å². The smallest absolute Gasteiger partial charge is 0.225 e. The Kier molecular flexibility index (Phi) is 4.25. The quantitative estimate of drug-likeness (QED) is 0.852. The van der Waals surface area contributed by atoms with Crippen LogP contribution in [0.25, 0.3) is 0 Å². The highest BCUT2D eigenvalue weighted by Crippen LogP contribution is 2.23. The molecule has 3 N–H and O–H groups in total. The largest absolute Gasteiger partial charge is 0.352 e. The minimum absolute atomic E-state index is 0.0819. The Morgan fingerprint density at radius 2 is 2.05 bits per heavy atom. The Bertz CT molecular complexity index is 466. The zero-order valence-electron chi connectivity index (χ0n) is 12.0. The molecule has 1 aliphatic carbocycles. The molecule has 0 spiro atoms. The third-order valence-electron chi connectivity index (χ3n) is 4.00. The summed E-state index contributed by atoms with van der Waals surface area (Å²) in [5.41, 5.74) is 9.27. The minimum Gasteiger partial charge on any atom is -0.352 e. The van der Waals surface area contributed by atoms with Crippen molar-refractivity contribution in [3.63, 3.8) is 0 Å². The average molecular weight is 260 g/mol. The zero-order chi connectivity index (χ0) is 13.9. The van der Waals surface area contributed by atoms with Gasteiger partial charge in [-0.15, -0.1) is 0 Å². The molecule has 0 aliphatic heterocycles. The van der Waals surface area contributed by atoms with Crippen molar-refractivity contribution in [2.75, 3.05) is 6.54 Å². The number of amides is 1. The van der Waals surface area contributed by atoms with Gasteiger partial charge in [-0.05, 0) is 48.9 Å². The lowest BCUT2D eigenvalue weighted by Crippen LogP contribution is -2.37. The summed E-state index contributed by atoms with van der Waals surface area (Å²) in [6.45, 7) is 5.04. The molecule has 104 valence electrons. The molecular formula is C16H24N2O. The SMILES string of the molecule is CC(C)(CCN)C(=O)NCc1ccc2c(c1)CCC2. The molecule has 0 radical (unpaired) electrons. The molecule has 0 unspecified atom stereocenters. The van der Waals surface area contributed by atoms with Crippen molar-refractivity contribution >= 4 is 5.91 Å². The lowest BCUT2D eigenvalue weighted by atomic mass is 9.88. The molecule has 0 fully saturated rings. The summed E-state index contributed by atoms with van der Waals surface area (Å²) in [5, 5.41) is 3.02. The summed E-state index contributed by atoms with van der Waals surface area (Å²) >= 11 is 0. The second-order valence-electron chi connectivity index (χ2n) is 6.06. The van der Waals surface area contributed by atoms with E-state index in [4.69, 9.17) is 5.73 Å². The summed E-state index contributed by atoms with van der Waals surface area (Å²) in [6, 6.07) is 6.56. The summed E-state index contributed by atoms with van der Waals surface area (Å²) in [6.07, 6.45) is 4.35. The molecule has 3 nitrogen and oxygen atoms in total. The van der Waals surface area contributed by atoms with Crippen molar-refractivity contribution in [1.29, 1.82) is 0 Å². The molecule has 0 bridgehead atoms. The number of nitrogens with two attached hydrogens (primary N) is 1. The van der Waals surface area contributed by atoms with Crippen molar-refractivity contribution in [2.24, 2.45) is 11.1 Å². The van der Waals surface area contributed by atoms with Crippen LogP contribution in [-0.2, 0) is 24.2 Å². The zero-order valence-corrected chi connectivity index (χ0v) is 12.0. The van der Waals surface area contributed by atoms with E-state index in [-0.39, 0.29) is 11.3 Å². The van der Waals surface area contributed by atoms with Crippen LogP contribution in [0.1, 0.15) is 43.4 Å². The van der Waals surface area contributed by atoms with Gasteiger partial charge in [0.1, 0.15) is 0 Å². The van der Waals surface area contributed by atoms with Crippen molar-refractivity contribution < 1.29 is 4.79 Å². The first kappa shape index (κ1) is 14.1. The van der Waals surface area contributed by atoms with Crippen molar-refractivity contribution in [3.05, 3.63) is 34.9 Å². The third kappa shape index (κ3) is 3.35. The van der Waals surface area contributed by atoms with Gasteiger partial charge in [0.2, 0.25) is 5.91 Å². The molecule has 0 atom stereocenters. The Labute approximate surface area is 115 Å². The van der Waals surface area contributed by atoms with Gasteiger partial charge in [0.05, 0.1) is 0 Å². The molecular weight excluding hydrogens is 236 g/mol. The minimum atomic E-state index is -0.383. The topological polar surface area (TPSA) is 55.1 Å². The molecule has 1 amide bonds. The van der Waals surface area contributed by atoms with Crippen LogP contribution in [-0.4, -0.2) is 12.5 Å². The van der Waals surface area contributed by atoms with Crippen LogP contribution in [0, 0.1) is 5.41 Å². The lowest BCUT2D eigenvalue weighted by molar-refractivity contribution is -0.129. The van der Waals surface area contributed by atoms with Crippen LogP contribution in [0.2, 0.25) is 0 Å². The predicted molar refractivity (Wildman–Crippen MR) is 77.8 cm³/mol. The van der Waals surface area contributed by atoms with Gasteiger partial charge < -0.3 is 11.1 Å². The predicted octanol–water partition coefficient (Wildman–Crippen LogP) is 2.17. The van der Waals surface area contributed by atoms with Gasteiger partial charge in [-0.25, -0.2) is 0 Å². The maximum Gasteiger partial charge on any atom is 0.225 e. The Morgan fingerprint density at radius 3 is 2.79 bits per heavy atom. The van der Waals surface area contributed by atoms with E-state index in [0.29, 0.717) is 19.5 Å². The van der Waals surface area contributed by atoms with E-state index < -0.39 is 0 Å². The van der Waals surface area contributed by atoms with Crippen molar-refractivity contribution in [3.8, 4) is 0 Å². The van der Waals surface area contributed by atoms with E-state index in [1.807, 2.05) is 13.8 Å². The number of hydrogen-bond donors (Lipinski definition) is 2. The number of fused-ring (bicyclic) bond motifs is 1. The number of carbonyl (C=O) groups is 1. The van der Waals surface area contributed by atoms with E-state index in [1.54, 1.807) is 0 Å². The molecule has 0 saturated carbocycles. The second kappa shape index (κ2) is 5.74. The van der Waals surface area contributed by atoms with Crippen molar-refractivity contribution in [2.45, 2.75) is 46.1 Å². The Balaban J connectivity index is 1.94. The molecule has 1 aliphatic rings. The van der Waals surface area contributed by atoms with Gasteiger partial charge >= 0.3 is 0 Å². The number of benzene rings is 1. The fourth-order valence-electron chi connectivity index (χ4n) is 2.63. The standard InChI is InChI=1S/C16H24N2O/c1-16(2,8-9-17)15(19)18-11-12-6-7-13-4-3-5-14(13)10-12/h6-7,10H,3-5,8-9,11,17H2,1-2H3,(H,18,19). The first-order valence-electron chi connectivity index (χ1n) is 7.12. The summed E-state index contributed by atoms with van der Waals surface area (Å²) in [5.74, 6) is 0.0819. The van der Waals surface area contributed by atoms with E-state index >= 15 is 0 Å². The molecule has 0 saturated heterocycles. The number of nitrogens with one attached hydrogen (secondary N) is 1. The fraction of sp³-hybridized carbons (Fsp3) is 0.562.